The van der Waals surface area contributed by atoms with Crippen molar-refractivity contribution >= 4 is 11.8 Å². The van der Waals surface area contributed by atoms with E-state index in [0.29, 0.717) is 16.6 Å². The lowest BCUT2D eigenvalue weighted by Crippen LogP contribution is -2.05. The predicted molar refractivity (Wildman–Crippen MR) is 65.5 cm³/mol. The fourth-order valence-electron chi connectivity index (χ4n) is 1.38. The summed E-state index contributed by atoms with van der Waals surface area (Å²) in [7, 11) is 0. The molecule has 0 spiro atoms. The summed E-state index contributed by atoms with van der Waals surface area (Å²) in [5.74, 6) is 0. The van der Waals surface area contributed by atoms with E-state index in [2.05, 4.69) is 9.97 Å². The van der Waals surface area contributed by atoms with Gasteiger partial charge in [0.2, 0.25) is 0 Å². The molecule has 2 aromatic heterocycles. The second-order valence-electron chi connectivity index (χ2n) is 3.66. The lowest BCUT2D eigenvalue weighted by molar-refractivity contribution is -0.137. The molecule has 0 bridgehead atoms. The van der Waals surface area contributed by atoms with Gasteiger partial charge in [-0.3, -0.25) is 0 Å². The summed E-state index contributed by atoms with van der Waals surface area (Å²) in [6, 6.07) is 5.90. The predicted octanol–water partition coefficient (Wildman–Crippen LogP) is 3.11. The number of nitrogens with zero attached hydrogens (tertiary/aromatic N) is 2. The van der Waals surface area contributed by atoms with Crippen LogP contribution in [0, 0.1) is 0 Å². The lowest BCUT2D eigenvalue weighted by atomic mass is 10.3. The molecule has 3 nitrogen and oxygen atoms in total. The number of hydrogen-bond acceptors (Lipinski definition) is 4. The van der Waals surface area contributed by atoms with Crippen LogP contribution >= 0.6 is 11.8 Å². The lowest BCUT2D eigenvalue weighted by Gasteiger charge is -2.07. The molecular formula is C12H10F3N3S. The van der Waals surface area contributed by atoms with Gasteiger partial charge < -0.3 is 5.73 Å². The first kappa shape index (κ1) is 13.8. The van der Waals surface area contributed by atoms with E-state index < -0.39 is 11.7 Å². The van der Waals surface area contributed by atoms with Gasteiger partial charge in [0.1, 0.15) is 10.1 Å². The fraction of sp³-hybridized carbons (Fsp3) is 0.167. The first-order chi connectivity index (χ1) is 9.00. The Morgan fingerprint density at radius 3 is 2.53 bits per heavy atom. The Morgan fingerprint density at radius 2 is 1.95 bits per heavy atom. The molecule has 0 aliphatic heterocycles. The van der Waals surface area contributed by atoms with E-state index in [1.807, 2.05) is 6.07 Å². The Labute approximate surface area is 112 Å². The van der Waals surface area contributed by atoms with Gasteiger partial charge in [-0.2, -0.15) is 13.2 Å². The van der Waals surface area contributed by atoms with Crippen LogP contribution in [0.2, 0.25) is 0 Å². The average Bonchev–Trinajstić information content (AvgIpc) is 2.39. The maximum atomic E-state index is 12.4. The summed E-state index contributed by atoms with van der Waals surface area (Å²) in [6.07, 6.45) is -1.96. The van der Waals surface area contributed by atoms with E-state index in [4.69, 9.17) is 5.73 Å². The van der Waals surface area contributed by atoms with Gasteiger partial charge >= 0.3 is 6.18 Å². The number of alkyl halides is 3. The largest absolute Gasteiger partial charge is 0.417 e. The highest BCUT2D eigenvalue weighted by Gasteiger charge is 2.30. The molecule has 100 valence electrons. The highest BCUT2D eigenvalue weighted by atomic mass is 32.2. The van der Waals surface area contributed by atoms with Gasteiger partial charge in [0.15, 0.2) is 0 Å². The molecule has 0 fully saturated rings. The molecule has 0 unspecified atom stereocenters. The second kappa shape index (κ2) is 5.58. The van der Waals surface area contributed by atoms with E-state index in [9.17, 15) is 13.2 Å². The minimum Gasteiger partial charge on any atom is -0.326 e. The van der Waals surface area contributed by atoms with Crippen molar-refractivity contribution in [3.8, 4) is 0 Å². The molecule has 19 heavy (non-hydrogen) atoms. The van der Waals surface area contributed by atoms with Gasteiger partial charge in [-0.05, 0) is 35.5 Å². The highest BCUT2D eigenvalue weighted by Crippen LogP contribution is 2.31. The van der Waals surface area contributed by atoms with Gasteiger partial charge in [-0.25, -0.2) is 9.97 Å². The molecule has 2 rings (SSSR count). The van der Waals surface area contributed by atoms with Gasteiger partial charge in [0.25, 0.3) is 0 Å². The van der Waals surface area contributed by atoms with Crippen LogP contribution in [0.1, 0.15) is 11.1 Å². The molecular weight excluding hydrogens is 275 g/mol. The summed E-state index contributed by atoms with van der Waals surface area (Å²) in [6.45, 7) is 0.316. The van der Waals surface area contributed by atoms with Gasteiger partial charge in [-0.15, -0.1) is 0 Å². The molecule has 0 aliphatic carbocycles. The van der Waals surface area contributed by atoms with Crippen LogP contribution in [0.4, 0.5) is 13.2 Å². The molecule has 0 atom stereocenters. The van der Waals surface area contributed by atoms with Crippen LogP contribution in [-0.4, -0.2) is 9.97 Å². The number of hydrogen-bond donors (Lipinski definition) is 1. The Bertz CT molecular complexity index is 555. The van der Waals surface area contributed by atoms with Gasteiger partial charge in [0.05, 0.1) is 5.56 Å². The van der Waals surface area contributed by atoms with Crippen LogP contribution in [0.3, 0.4) is 0 Å². The van der Waals surface area contributed by atoms with E-state index in [-0.39, 0.29) is 0 Å². The molecule has 0 saturated heterocycles. The Balaban J connectivity index is 2.20. The van der Waals surface area contributed by atoms with E-state index in [1.54, 1.807) is 12.3 Å². The molecule has 2 heterocycles. The first-order valence-corrected chi connectivity index (χ1v) is 6.17. The number of rotatable bonds is 3. The Kier molecular flexibility index (Phi) is 4.06. The van der Waals surface area contributed by atoms with Gasteiger partial charge in [0, 0.05) is 18.9 Å². The van der Waals surface area contributed by atoms with Crippen LogP contribution in [0.5, 0.6) is 0 Å². The second-order valence-corrected chi connectivity index (χ2v) is 4.67. The molecule has 0 saturated carbocycles. The SMILES string of the molecule is NCc1cccnc1Sc1ccc(C(F)(F)F)cn1. The number of pyridine rings is 2. The third kappa shape index (κ3) is 3.45. The van der Waals surface area contributed by atoms with Crippen LogP contribution in [0.25, 0.3) is 0 Å². The van der Waals surface area contributed by atoms with Crippen LogP contribution in [-0.2, 0) is 12.7 Å². The number of aromatic nitrogens is 2. The maximum Gasteiger partial charge on any atom is 0.417 e. The summed E-state index contributed by atoms with van der Waals surface area (Å²) in [5.41, 5.74) is 5.62. The molecule has 0 amide bonds. The minimum absolute atomic E-state index is 0.316. The summed E-state index contributed by atoms with van der Waals surface area (Å²) in [4.78, 5) is 7.91. The fourth-order valence-corrected chi connectivity index (χ4v) is 2.21. The van der Waals surface area contributed by atoms with E-state index >= 15 is 0 Å². The van der Waals surface area contributed by atoms with Crippen LogP contribution in [0.15, 0.2) is 46.7 Å². The number of nitrogens with two attached hydrogens (primary N) is 1. The zero-order valence-electron chi connectivity index (χ0n) is 9.69. The van der Waals surface area contributed by atoms with Crippen molar-refractivity contribution in [1.82, 2.24) is 9.97 Å². The van der Waals surface area contributed by atoms with E-state index in [0.717, 1.165) is 17.8 Å². The van der Waals surface area contributed by atoms with Crippen molar-refractivity contribution in [3.05, 3.63) is 47.8 Å². The van der Waals surface area contributed by atoms with Crippen molar-refractivity contribution in [1.29, 1.82) is 0 Å². The quantitative estimate of drug-likeness (QED) is 0.941. The average molecular weight is 285 g/mol. The minimum atomic E-state index is -4.37. The highest BCUT2D eigenvalue weighted by molar-refractivity contribution is 7.99. The Hall–Kier alpha value is -1.60. The summed E-state index contributed by atoms with van der Waals surface area (Å²) in [5, 5.41) is 1.10. The molecule has 2 N–H and O–H groups in total. The van der Waals surface area contributed by atoms with Crippen molar-refractivity contribution in [2.45, 2.75) is 22.8 Å². The Morgan fingerprint density at radius 1 is 1.16 bits per heavy atom. The topological polar surface area (TPSA) is 51.8 Å². The van der Waals surface area contributed by atoms with Gasteiger partial charge in [-0.1, -0.05) is 6.07 Å². The smallest absolute Gasteiger partial charge is 0.326 e. The zero-order chi connectivity index (χ0) is 13.9. The maximum absolute atomic E-state index is 12.4. The van der Waals surface area contributed by atoms with Crippen molar-refractivity contribution in [3.63, 3.8) is 0 Å². The van der Waals surface area contributed by atoms with Crippen LogP contribution < -0.4 is 5.73 Å². The number of halogens is 3. The monoisotopic (exact) mass is 285 g/mol. The molecule has 0 aliphatic rings. The molecule has 0 radical (unpaired) electrons. The van der Waals surface area contributed by atoms with Crippen molar-refractivity contribution < 1.29 is 13.2 Å². The summed E-state index contributed by atoms with van der Waals surface area (Å²) < 4.78 is 37.2. The molecule has 7 heteroatoms. The van der Waals surface area contributed by atoms with E-state index in [1.165, 1.54) is 17.8 Å². The standard InChI is InChI=1S/C12H10F3N3S/c13-12(14,15)9-3-4-10(18-7-9)19-11-8(6-16)2-1-5-17-11/h1-5,7H,6,16H2. The molecule has 0 aromatic carbocycles. The first-order valence-electron chi connectivity index (χ1n) is 5.36. The molecule has 2 aromatic rings. The third-order valence-corrected chi connectivity index (χ3v) is 3.35. The normalized spacial score (nSPS) is 11.6. The van der Waals surface area contributed by atoms with Crippen molar-refractivity contribution in [2.24, 2.45) is 5.73 Å². The zero-order valence-corrected chi connectivity index (χ0v) is 10.5. The third-order valence-electron chi connectivity index (χ3n) is 2.33. The summed E-state index contributed by atoms with van der Waals surface area (Å²) >= 11 is 1.19. The van der Waals surface area contributed by atoms with Crippen molar-refractivity contribution in [2.75, 3.05) is 0 Å².